The van der Waals surface area contributed by atoms with E-state index in [1.165, 1.54) is 5.52 Å². The molecule has 0 aliphatic carbocycles. The van der Waals surface area contributed by atoms with Gasteiger partial charge in [-0.25, -0.2) is 4.98 Å². The topological polar surface area (TPSA) is 17.8 Å². The molecule has 2 aromatic rings. The van der Waals surface area contributed by atoms with Gasteiger partial charge >= 0.3 is 0 Å². The maximum absolute atomic E-state index is 4.65. The van der Waals surface area contributed by atoms with Crippen molar-refractivity contribution in [3.8, 4) is 0 Å². The predicted octanol–water partition coefficient (Wildman–Crippen LogP) is 3.89. The number of aryl methyl sites for hydroxylation is 1. The van der Waals surface area contributed by atoms with Crippen molar-refractivity contribution in [2.24, 2.45) is 0 Å². The highest BCUT2D eigenvalue weighted by Gasteiger charge is 2.09. The van der Waals surface area contributed by atoms with E-state index in [-0.39, 0.29) is 0 Å². The molecule has 88 valence electrons. The molecule has 0 atom stereocenters. The minimum absolute atomic E-state index is 0.886. The largest absolute Gasteiger partial charge is 0.319 e. The van der Waals surface area contributed by atoms with Crippen molar-refractivity contribution < 1.29 is 0 Å². The number of allylic oxidation sites excluding steroid dienone is 1. The number of imidazole rings is 1. The van der Waals surface area contributed by atoms with Gasteiger partial charge in [0.05, 0.1) is 11.0 Å². The Hall–Kier alpha value is -1.48. The van der Waals surface area contributed by atoms with E-state index < -0.39 is 0 Å². The predicted molar refractivity (Wildman–Crippen MR) is 75.5 cm³/mol. The Kier molecular flexibility index (Phi) is 4.04. The molecule has 0 bridgehead atoms. The molecule has 0 aliphatic rings. The molecule has 1 aromatic heterocycles. The highest BCUT2D eigenvalue weighted by Crippen LogP contribution is 2.24. The molecule has 0 aliphatic heterocycles. The van der Waals surface area contributed by atoms with Crippen LogP contribution in [0.5, 0.6) is 0 Å². The van der Waals surface area contributed by atoms with Crippen LogP contribution in [0.25, 0.3) is 11.0 Å². The van der Waals surface area contributed by atoms with Gasteiger partial charge in [0.1, 0.15) is 0 Å². The zero-order valence-corrected chi connectivity index (χ0v) is 10.6. The third kappa shape index (κ3) is 2.61. The molecule has 0 fully saturated rings. The van der Waals surface area contributed by atoms with Gasteiger partial charge < -0.3 is 4.57 Å². The smallest absolute Gasteiger partial charge is 0.169 e. The summed E-state index contributed by atoms with van der Waals surface area (Å²) in [5, 5.41) is 1.06. The molecule has 0 amide bonds. The van der Waals surface area contributed by atoms with Gasteiger partial charge in [0.25, 0.3) is 0 Å². The lowest BCUT2D eigenvalue weighted by molar-refractivity contribution is 0.663. The lowest BCUT2D eigenvalue weighted by Crippen LogP contribution is -1.99. The van der Waals surface area contributed by atoms with Crippen molar-refractivity contribution in [1.82, 2.24) is 9.55 Å². The van der Waals surface area contributed by atoms with E-state index in [4.69, 9.17) is 0 Å². The summed E-state index contributed by atoms with van der Waals surface area (Å²) in [6.07, 6.45) is 4.81. The van der Waals surface area contributed by atoms with E-state index in [1.807, 2.05) is 18.2 Å². The summed E-state index contributed by atoms with van der Waals surface area (Å²) in [5.41, 5.74) is 2.25. The first-order valence-electron chi connectivity index (χ1n) is 5.66. The fourth-order valence-electron chi connectivity index (χ4n) is 1.73. The molecule has 2 nitrogen and oxygen atoms in total. The third-order valence-electron chi connectivity index (χ3n) is 2.51. The third-order valence-corrected chi connectivity index (χ3v) is 3.48. The molecule has 0 spiro atoms. The fraction of sp³-hybridized carbons (Fsp3) is 0.214. The van der Waals surface area contributed by atoms with E-state index in [0.717, 1.165) is 29.4 Å². The number of benzene rings is 1. The Balaban J connectivity index is 2.40. The first-order chi connectivity index (χ1) is 8.36. The summed E-state index contributed by atoms with van der Waals surface area (Å²) >= 11 is 1.72. The molecule has 3 heteroatoms. The summed E-state index contributed by atoms with van der Waals surface area (Å²) in [6, 6.07) is 8.24. The molecule has 17 heavy (non-hydrogen) atoms. The molecule has 1 heterocycles. The maximum Gasteiger partial charge on any atom is 0.169 e. The average Bonchev–Trinajstić information content (AvgIpc) is 2.71. The van der Waals surface area contributed by atoms with Crippen LogP contribution in [0.3, 0.4) is 0 Å². The average molecular weight is 244 g/mol. The highest BCUT2D eigenvalue weighted by atomic mass is 32.2. The van der Waals surface area contributed by atoms with Gasteiger partial charge in [-0.15, -0.1) is 13.2 Å². The SMILES string of the molecule is C=CCCn1c(SCC=C)nc2ccccc21. The standard InChI is InChI=1S/C14H16N2S/c1-3-5-10-16-13-9-7-6-8-12(13)15-14(16)17-11-4-2/h3-4,6-9H,1-2,5,10-11H2. The molecule has 0 N–H and O–H groups in total. The summed E-state index contributed by atoms with van der Waals surface area (Å²) in [6.45, 7) is 8.46. The first kappa shape index (κ1) is 12.0. The maximum atomic E-state index is 4.65. The zero-order valence-electron chi connectivity index (χ0n) is 9.80. The van der Waals surface area contributed by atoms with Crippen molar-refractivity contribution in [1.29, 1.82) is 0 Å². The van der Waals surface area contributed by atoms with Gasteiger partial charge in [-0.05, 0) is 18.6 Å². The van der Waals surface area contributed by atoms with Crippen LogP contribution in [0.1, 0.15) is 6.42 Å². The first-order valence-corrected chi connectivity index (χ1v) is 6.65. The Morgan fingerprint density at radius 1 is 1.24 bits per heavy atom. The quantitative estimate of drug-likeness (QED) is 0.566. The lowest BCUT2D eigenvalue weighted by Gasteiger charge is -2.06. The molecule has 0 saturated heterocycles. The Bertz CT molecular complexity index is 528. The molecule has 2 rings (SSSR count). The van der Waals surface area contributed by atoms with E-state index in [9.17, 15) is 0 Å². The highest BCUT2D eigenvalue weighted by molar-refractivity contribution is 7.99. The molecule has 0 radical (unpaired) electrons. The number of hydrogen-bond donors (Lipinski definition) is 0. The van der Waals surface area contributed by atoms with Crippen molar-refractivity contribution in [2.45, 2.75) is 18.1 Å². The fourth-order valence-corrected chi connectivity index (χ4v) is 2.51. The molecule has 0 saturated carbocycles. The van der Waals surface area contributed by atoms with E-state index in [0.29, 0.717) is 0 Å². The zero-order chi connectivity index (χ0) is 12.1. The second kappa shape index (κ2) is 5.73. The molecule has 1 aromatic carbocycles. The summed E-state index contributed by atoms with van der Waals surface area (Å²) in [4.78, 5) is 4.65. The van der Waals surface area contributed by atoms with Crippen LogP contribution in [-0.4, -0.2) is 15.3 Å². The van der Waals surface area contributed by atoms with Crippen LogP contribution in [-0.2, 0) is 6.54 Å². The van der Waals surface area contributed by atoms with Gasteiger partial charge in [-0.1, -0.05) is 36.0 Å². The van der Waals surface area contributed by atoms with Crippen LogP contribution < -0.4 is 0 Å². The van der Waals surface area contributed by atoms with Crippen LogP contribution >= 0.6 is 11.8 Å². The van der Waals surface area contributed by atoms with Gasteiger partial charge in [0, 0.05) is 12.3 Å². The van der Waals surface area contributed by atoms with Crippen molar-refractivity contribution in [3.05, 3.63) is 49.6 Å². The van der Waals surface area contributed by atoms with E-state index >= 15 is 0 Å². The van der Waals surface area contributed by atoms with Gasteiger partial charge in [-0.3, -0.25) is 0 Å². The number of nitrogens with zero attached hydrogens (tertiary/aromatic N) is 2. The Morgan fingerprint density at radius 2 is 2.06 bits per heavy atom. The van der Waals surface area contributed by atoms with Crippen LogP contribution in [0.15, 0.2) is 54.7 Å². The number of para-hydroxylation sites is 2. The number of hydrogen-bond acceptors (Lipinski definition) is 2. The van der Waals surface area contributed by atoms with Gasteiger partial charge in [0.15, 0.2) is 5.16 Å². The van der Waals surface area contributed by atoms with E-state index in [1.54, 1.807) is 11.8 Å². The molecular formula is C14H16N2S. The van der Waals surface area contributed by atoms with E-state index in [2.05, 4.69) is 40.9 Å². The second-order valence-corrected chi connectivity index (χ2v) is 4.70. The van der Waals surface area contributed by atoms with Crippen LogP contribution in [0.2, 0.25) is 0 Å². The van der Waals surface area contributed by atoms with Crippen LogP contribution in [0, 0.1) is 0 Å². The number of thioether (sulfide) groups is 1. The monoisotopic (exact) mass is 244 g/mol. The van der Waals surface area contributed by atoms with Gasteiger partial charge in [0.2, 0.25) is 0 Å². The number of aromatic nitrogens is 2. The number of fused-ring (bicyclic) bond motifs is 1. The second-order valence-electron chi connectivity index (χ2n) is 3.71. The summed E-state index contributed by atoms with van der Waals surface area (Å²) in [7, 11) is 0. The number of rotatable bonds is 6. The molecular weight excluding hydrogens is 228 g/mol. The minimum Gasteiger partial charge on any atom is -0.319 e. The summed E-state index contributed by atoms with van der Waals surface area (Å²) in [5.74, 6) is 0.886. The van der Waals surface area contributed by atoms with Crippen LogP contribution in [0.4, 0.5) is 0 Å². The Labute approximate surface area is 106 Å². The minimum atomic E-state index is 0.886. The van der Waals surface area contributed by atoms with Gasteiger partial charge in [-0.2, -0.15) is 0 Å². The van der Waals surface area contributed by atoms with Crippen molar-refractivity contribution in [2.75, 3.05) is 5.75 Å². The molecule has 0 unspecified atom stereocenters. The van der Waals surface area contributed by atoms with Crippen molar-refractivity contribution in [3.63, 3.8) is 0 Å². The van der Waals surface area contributed by atoms with Crippen molar-refractivity contribution >= 4 is 22.8 Å². The normalized spacial score (nSPS) is 10.6. The lowest BCUT2D eigenvalue weighted by atomic mass is 10.3. The Morgan fingerprint density at radius 3 is 2.82 bits per heavy atom. The summed E-state index contributed by atoms with van der Waals surface area (Å²) < 4.78 is 2.26.